The zero-order valence-electron chi connectivity index (χ0n) is 23.4. The van der Waals surface area contributed by atoms with Crippen molar-refractivity contribution in [3.05, 3.63) is 0 Å². The van der Waals surface area contributed by atoms with E-state index in [1.165, 1.54) is 27.7 Å². The zero-order chi connectivity index (χ0) is 28.5. The number of carbonyl (C=O) groups excluding carboxylic acids is 5. The van der Waals surface area contributed by atoms with Gasteiger partial charge < -0.3 is 28.4 Å². The summed E-state index contributed by atoms with van der Waals surface area (Å²) in [6, 6.07) is 0. The summed E-state index contributed by atoms with van der Waals surface area (Å²) in [7, 11) is 0. The summed E-state index contributed by atoms with van der Waals surface area (Å²) in [5, 5.41) is 0. The molecule has 11 heteroatoms. The van der Waals surface area contributed by atoms with Gasteiger partial charge in [0.25, 0.3) is 0 Å². The predicted octanol–water partition coefficient (Wildman–Crippen LogP) is 2.26. The molecule has 1 spiro atoms. The lowest BCUT2D eigenvalue weighted by Gasteiger charge is -2.71. The number of esters is 4. The van der Waals surface area contributed by atoms with E-state index in [1.54, 1.807) is 0 Å². The molecule has 1 saturated heterocycles. The summed E-state index contributed by atoms with van der Waals surface area (Å²) in [5.41, 5.74) is -1.16. The van der Waals surface area contributed by atoms with Crippen LogP contribution in [0, 0.1) is 28.6 Å². The Bertz CT molecular complexity index is 1090. The van der Waals surface area contributed by atoms with Crippen LogP contribution in [0.1, 0.15) is 73.6 Å². The van der Waals surface area contributed by atoms with Crippen LogP contribution < -0.4 is 0 Å². The van der Waals surface area contributed by atoms with E-state index in [9.17, 15) is 24.0 Å². The Labute approximate surface area is 227 Å². The smallest absolute Gasteiger partial charge is 0.303 e. The predicted molar refractivity (Wildman–Crippen MR) is 131 cm³/mol. The second kappa shape index (κ2) is 9.54. The fraction of sp³-hybridized carbons (Fsp3) is 0.821. The fourth-order valence-corrected chi connectivity index (χ4v) is 8.98. The summed E-state index contributed by atoms with van der Waals surface area (Å²) in [6.45, 7) is 8.80. The summed E-state index contributed by atoms with van der Waals surface area (Å²) in [6.07, 6.45) is -2.06. The maximum absolute atomic E-state index is 13.1. The highest BCUT2D eigenvalue weighted by molar-refractivity contribution is 5.86. The van der Waals surface area contributed by atoms with Crippen LogP contribution in [-0.4, -0.2) is 72.6 Å². The third-order valence-corrected chi connectivity index (χ3v) is 10.4. The van der Waals surface area contributed by atoms with Crippen LogP contribution in [0.25, 0.3) is 0 Å². The normalized spacial score (nSPS) is 45.5. The minimum atomic E-state index is -1.28. The Kier molecular flexibility index (Phi) is 6.85. The molecule has 5 fully saturated rings. The lowest BCUT2D eigenvalue weighted by molar-refractivity contribution is -0.382. The molecule has 5 rings (SSSR count). The Balaban J connectivity index is 1.53. The Hall–Kier alpha value is -2.53. The van der Waals surface area contributed by atoms with E-state index in [-0.39, 0.29) is 35.6 Å². The van der Waals surface area contributed by atoms with Crippen LogP contribution in [-0.2, 0) is 52.4 Å². The van der Waals surface area contributed by atoms with Crippen molar-refractivity contribution in [2.75, 3.05) is 6.61 Å². The van der Waals surface area contributed by atoms with E-state index in [0.29, 0.717) is 12.8 Å². The molecule has 1 aliphatic heterocycles. The van der Waals surface area contributed by atoms with Gasteiger partial charge in [-0.05, 0) is 42.9 Å². The van der Waals surface area contributed by atoms with E-state index >= 15 is 0 Å². The van der Waals surface area contributed by atoms with Crippen molar-refractivity contribution in [1.82, 2.24) is 0 Å². The highest BCUT2D eigenvalue weighted by Gasteiger charge is 2.85. The monoisotopic (exact) mass is 550 g/mol. The molecule has 11 atom stereocenters. The Morgan fingerprint density at radius 3 is 2.13 bits per heavy atom. The minimum absolute atomic E-state index is 0.0349. The average Bonchev–Trinajstić information content (AvgIpc) is 3.33. The van der Waals surface area contributed by atoms with Crippen LogP contribution in [0.5, 0.6) is 0 Å². The lowest BCUT2D eigenvalue weighted by Crippen LogP contribution is -2.75. The summed E-state index contributed by atoms with van der Waals surface area (Å²) >= 11 is 0. The molecule has 0 aromatic carbocycles. The lowest BCUT2D eigenvalue weighted by atomic mass is 9.36. The van der Waals surface area contributed by atoms with Gasteiger partial charge >= 0.3 is 23.9 Å². The first-order valence-electron chi connectivity index (χ1n) is 13.8. The van der Waals surface area contributed by atoms with Gasteiger partial charge in [0.1, 0.15) is 18.5 Å². The second-order valence-electron chi connectivity index (χ2n) is 12.2. The van der Waals surface area contributed by atoms with Crippen LogP contribution in [0.4, 0.5) is 0 Å². The van der Waals surface area contributed by atoms with Crippen molar-refractivity contribution in [3.8, 4) is 0 Å². The molecule has 0 N–H and O–H groups in total. The molecule has 39 heavy (non-hydrogen) atoms. The molecule has 5 aliphatic rings. The van der Waals surface area contributed by atoms with E-state index in [1.807, 2.05) is 0 Å². The highest BCUT2D eigenvalue weighted by Crippen LogP contribution is 2.84. The van der Waals surface area contributed by atoms with Crippen LogP contribution >= 0.6 is 0 Å². The molecular weight excluding hydrogens is 512 g/mol. The molecule has 0 aromatic rings. The molecule has 4 saturated carbocycles. The Morgan fingerprint density at radius 1 is 0.897 bits per heavy atom. The quantitative estimate of drug-likeness (QED) is 0.340. The van der Waals surface area contributed by atoms with Gasteiger partial charge in [-0.15, -0.1) is 0 Å². The van der Waals surface area contributed by atoms with Gasteiger partial charge in [0.05, 0.1) is 5.60 Å². The molecule has 1 heterocycles. The van der Waals surface area contributed by atoms with Gasteiger partial charge in [0.2, 0.25) is 0 Å². The van der Waals surface area contributed by atoms with E-state index < -0.39 is 65.6 Å². The van der Waals surface area contributed by atoms with Crippen LogP contribution in [0.2, 0.25) is 0 Å². The molecule has 11 unspecified atom stereocenters. The molecular formula is C28H38O11. The number of carbonyl (C=O) groups is 5. The Morgan fingerprint density at radius 2 is 1.51 bits per heavy atom. The molecule has 2 bridgehead atoms. The molecule has 4 aliphatic carbocycles. The first-order chi connectivity index (χ1) is 18.3. The number of ether oxygens (including phenoxy) is 6. The number of hydrogen-bond acceptors (Lipinski definition) is 11. The van der Waals surface area contributed by atoms with E-state index in [4.69, 9.17) is 28.4 Å². The standard InChI is InChI=1S/C28H38O11/c1-13-9-20(33)19-11-28(18-7-8-27(13,10-18)26(19,28)6)39-25-24(37-17(5)32)23(36-16(4)31)22(35-15(3)30)21(38-25)12-34-14(2)29/h13,18-19,21-25H,7-12H2,1-6H3. The van der Waals surface area contributed by atoms with Crippen molar-refractivity contribution in [3.63, 3.8) is 0 Å². The molecule has 0 aromatic heterocycles. The molecule has 11 nitrogen and oxygen atoms in total. The third kappa shape index (κ3) is 4.02. The number of Topliss-reactive ketones (excluding diaryl/α,β-unsaturated/α-hetero) is 1. The van der Waals surface area contributed by atoms with Gasteiger partial charge in [-0.1, -0.05) is 13.8 Å². The zero-order valence-corrected chi connectivity index (χ0v) is 23.4. The number of hydrogen-bond donors (Lipinski definition) is 0. The van der Waals surface area contributed by atoms with Gasteiger partial charge in [-0.3, -0.25) is 24.0 Å². The fourth-order valence-electron chi connectivity index (χ4n) is 8.98. The number of ketones is 1. The average molecular weight is 551 g/mol. The van der Waals surface area contributed by atoms with Crippen LogP contribution in [0.3, 0.4) is 0 Å². The van der Waals surface area contributed by atoms with Gasteiger partial charge in [-0.25, -0.2) is 0 Å². The largest absolute Gasteiger partial charge is 0.463 e. The number of fused-ring (bicyclic) bond motifs is 2. The summed E-state index contributed by atoms with van der Waals surface area (Å²) in [5.74, 6) is -2.10. The van der Waals surface area contributed by atoms with Crippen LogP contribution in [0.15, 0.2) is 0 Å². The van der Waals surface area contributed by atoms with Crippen molar-refractivity contribution >= 4 is 29.7 Å². The van der Waals surface area contributed by atoms with Gasteiger partial charge in [-0.2, -0.15) is 0 Å². The minimum Gasteiger partial charge on any atom is -0.463 e. The number of rotatable bonds is 7. The van der Waals surface area contributed by atoms with Crippen molar-refractivity contribution in [2.24, 2.45) is 28.6 Å². The van der Waals surface area contributed by atoms with Crippen molar-refractivity contribution in [1.29, 1.82) is 0 Å². The summed E-state index contributed by atoms with van der Waals surface area (Å²) < 4.78 is 35.1. The van der Waals surface area contributed by atoms with E-state index in [2.05, 4.69) is 13.8 Å². The SMILES string of the molecule is CC(=O)OCC1OC(OC23CC4C(=O)CC(C)C5(CCC2C5)C43C)C(OC(C)=O)C(OC(C)=O)C1OC(C)=O. The highest BCUT2D eigenvalue weighted by atomic mass is 16.7. The first kappa shape index (κ1) is 28.0. The maximum atomic E-state index is 13.1. The van der Waals surface area contributed by atoms with Gasteiger partial charge in [0, 0.05) is 45.4 Å². The topological polar surface area (TPSA) is 141 Å². The van der Waals surface area contributed by atoms with Crippen molar-refractivity contribution < 1.29 is 52.4 Å². The first-order valence-corrected chi connectivity index (χ1v) is 13.8. The molecule has 0 amide bonds. The van der Waals surface area contributed by atoms with E-state index in [0.717, 1.165) is 19.3 Å². The third-order valence-electron chi connectivity index (χ3n) is 10.4. The summed E-state index contributed by atoms with van der Waals surface area (Å²) in [4.78, 5) is 61.2. The van der Waals surface area contributed by atoms with Gasteiger partial charge in [0.15, 0.2) is 24.6 Å². The maximum Gasteiger partial charge on any atom is 0.303 e. The van der Waals surface area contributed by atoms with Crippen molar-refractivity contribution in [2.45, 2.75) is 110 Å². The molecule has 216 valence electrons. The second-order valence-corrected chi connectivity index (χ2v) is 12.2. The molecule has 0 radical (unpaired) electrons.